The van der Waals surface area contributed by atoms with Crippen molar-refractivity contribution in [1.29, 1.82) is 0 Å². The van der Waals surface area contributed by atoms with Crippen LogP contribution in [0.3, 0.4) is 0 Å². The van der Waals surface area contributed by atoms with Crippen LogP contribution in [0, 0.1) is 9.49 Å². The van der Waals surface area contributed by atoms with Crippen LogP contribution < -0.4 is 5.32 Å². The van der Waals surface area contributed by atoms with Gasteiger partial charge in [0.05, 0.1) is 0 Å². The van der Waals surface area contributed by atoms with Crippen molar-refractivity contribution in [2.24, 2.45) is 5.92 Å². The summed E-state index contributed by atoms with van der Waals surface area (Å²) in [7, 11) is 0. The Bertz CT molecular complexity index is 318. The summed E-state index contributed by atoms with van der Waals surface area (Å²) in [5.41, 5.74) is 1.27. The first-order valence-corrected chi connectivity index (χ1v) is 7.42. The number of hydrogen-bond acceptors (Lipinski definition) is 1. The zero-order chi connectivity index (χ0) is 11.2. The summed E-state index contributed by atoms with van der Waals surface area (Å²) in [5, 5.41) is 3.53. The van der Waals surface area contributed by atoms with Crippen LogP contribution in [0.25, 0.3) is 0 Å². The summed E-state index contributed by atoms with van der Waals surface area (Å²) < 4.78 is 1.31. The zero-order valence-electron chi connectivity index (χ0n) is 9.71. The van der Waals surface area contributed by atoms with E-state index in [1.165, 1.54) is 47.8 Å². The molecule has 1 aliphatic rings. The van der Waals surface area contributed by atoms with Crippen molar-refractivity contribution >= 4 is 28.3 Å². The van der Waals surface area contributed by atoms with Gasteiger partial charge < -0.3 is 5.32 Å². The molecule has 0 bridgehead atoms. The van der Waals surface area contributed by atoms with Gasteiger partial charge in [0.25, 0.3) is 0 Å². The predicted octanol–water partition coefficient (Wildman–Crippen LogP) is 4.67. The van der Waals surface area contributed by atoms with Gasteiger partial charge in [-0.15, -0.1) is 0 Å². The van der Waals surface area contributed by atoms with E-state index in [1.807, 2.05) is 0 Å². The lowest BCUT2D eigenvalue weighted by Crippen LogP contribution is -2.12. The van der Waals surface area contributed by atoms with Gasteiger partial charge >= 0.3 is 0 Å². The van der Waals surface area contributed by atoms with Gasteiger partial charge in [-0.25, -0.2) is 0 Å². The molecule has 1 aliphatic carbocycles. The van der Waals surface area contributed by atoms with Crippen molar-refractivity contribution < 1.29 is 0 Å². The molecule has 0 spiro atoms. The number of anilines is 1. The van der Waals surface area contributed by atoms with Gasteiger partial charge in [-0.1, -0.05) is 38.2 Å². The molecule has 2 rings (SSSR count). The molecule has 88 valence electrons. The predicted molar refractivity (Wildman–Crippen MR) is 78.8 cm³/mol. The zero-order valence-corrected chi connectivity index (χ0v) is 11.9. The molecule has 0 heterocycles. The summed E-state index contributed by atoms with van der Waals surface area (Å²) in [6.07, 6.45) is 8.61. The lowest BCUT2D eigenvalue weighted by atomic mass is 9.87. The Morgan fingerprint density at radius 1 is 1.19 bits per heavy atom. The van der Waals surface area contributed by atoms with E-state index in [9.17, 15) is 0 Å². The van der Waals surface area contributed by atoms with Crippen LogP contribution in [0.4, 0.5) is 5.69 Å². The van der Waals surface area contributed by atoms with Gasteiger partial charge in [-0.2, -0.15) is 0 Å². The molecule has 0 unspecified atom stereocenters. The average molecular weight is 329 g/mol. The van der Waals surface area contributed by atoms with Crippen molar-refractivity contribution in [3.05, 3.63) is 27.8 Å². The number of halogens is 1. The third kappa shape index (κ3) is 3.96. The maximum Gasteiger partial charge on any atom is 0.0350 e. The minimum absolute atomic E-state index is 0.976. The van der Waals surface area contributed by atoms with Crippen LogP contribution in [-0.4, -0.2) is 6.54 Å². The first-order chi connectivity index (χ1) is 7.84. The Morgan fingerprint density at radius 2 is 2.00 bits per heavy atom. The van der Waals surface area contributed by atoms with E-state index in [1.54, 1.807) is 0 Å². The Hall–Kier alpha value is -0.250. The summed E-state index contributed by atoms with van der Waals surface area (Å²) in [5.74, 6) is 0.976. The number of nitrogens with one attached hydrogen (secondary N) is 1. The Morgan fingerprint density at radius 3 is 2.75 bits per heavy atom. The highest BCUT2D eigenvalue weighted by atomic mass is 127. The molecule has 2 heteroatoms. The molecule has 1 fully saturated rings. The molecule has 0 aliphatic heterocycles. The summed E-state index contributed by atoms with van der Waals surface area (Å²) >= 11 is 2.36. The third-order valence-electron chi connectivity index (χ3n) is 3.43. The molecule has 1 saturated carbocycles. The molecule has 1 N–H and O–H groups in total. The van der Waals surface area contributed by atoms with Crippen molar-refractivity contribution in [2.45, 2.75) is 38.5 Å². The van der Waals surface area contributed by atoms with Crippen LogP contribution in [0.2, 0.25) is 0 Å². The van der Waals surface area contributed by atoms with Gasteiger partial charge in [0.15, 0.2) is 0 Å². The monoisotopic (exact) mass is 329 g/mol. The summed E-state index contributed by atoms with van der Waals surface area (Å²) in [4.78, 5) is 0. The lowest BCUT2D eigenvalue weighted by Gasteiger charge is -2.21. The fraction of sp³-hybridized carbons (Fsp3) is 0.571. The van der Waals surface area contributed by atoms with Gasteiger partial charge in [0.1, 0.15) is 0 Å². The largest absolute Gasteiger partial charge is 0.385 e. The van der Waals surface area contributed by atoms with E-state index in [2.05, 4.69) is 52.2 Å². The van der Waals surface area contributed by atoms with E-state index < -0.39 is 0 Å². The van der Waals surface area contributed by atoms with Gasteiger partial charge in [-0.05, 0) is 53.1 Å². The quantitative estimate of drug-likeness (QED) is 0.792. The molecule has 1 aromatic rings. The Labute approximate surface area is 112 Å². The highest BCUT2D eigenvalue weighted by Crippen LogP contribution is 2.26. The molecular weight excluding hydrogens is 309 g/mol. The second-order valence-electron chi connectivity index (χ2n) is 4.73. The van der Waals surface area contributed by atoms with E-state index in [4.69, 9.17) is 0 Å². The van der Waals surface area contributed by atoms with E-state index in [0.717, 1.165) is 12.5 Å². The standard InChI is InChI=1S/C14H20IN/c15-13-7-4-8-14(11-13)16-10-9-12-5-2-1-3-6-12/h4,7-8,11-12,16H,1-3,5-6,9-10H2. The molecule has 0 saturated heterocycles. The molecule has 0 radical (unpaired) electrons. The molecule has 16 heavy (non-hydrogen) atoms. The van der Waals surface area contributed by atoms with Gasteiger partial charge in [0.2, 0.25) is 0 Å². The second-order valence-corrected chi connectivity index (χ2v) is 5.98. The molecule has 1 aromatic carbocycles. The molecule has 0 amide bonds. The average Bonchev–Trinajstić information content (AvgIpc) is 2.30. The van der Waals surface area contributed by atoms with Crippen LogP contribution in [0.5, 0.6) is 0 Å². The normalized spacial score (nSPS) is 17.3. The first kappa shape index (κ1) is 12.2. The first-order valence-electron chi connectivity index (χ1n) is 6.34. The molecule has 0 atom stereocenters. The number of benzene rings is 1. The van der Waals surface area contributed by atoms with Crippen LogP contribution in [0.15, 0.2) is 24.3 Å². The van der Waals surface area contributed by atoms with Gasteiger partial charge in [0, 0.05) is 15.8 Å². The minimum atomic E-state index is 0.976. The Kier molecular flexibility index (Phi) is 4.94. The smallest absolute Gasteiger partial charge is 0.0350 e. The number of rotatable bonds is 4. The highest BCUT2D eigenvalue weighted by molar-refractivity contribution is 14.1. The van der Waals surface area contributed by atoms with Gasteiger partial charge in [-0.3, -0.25) is 0 Å². The Balaban J connectivity index is 1.71. The third-order valence-corrected chi connectivity index (χ3v) is 4.10. The molecule has 0 aromatic heterocycles. The van der Waals surface area contributed by atoms with Crippen molar-refractivity contribution in [1.82, 2.24) is 0 Å². The highest BCUT2D eigenvalue weighted by Gasteiger charge is 2.12. The molecular formula is C14H20IN. The van der Waals surface area contributed by atoms with Crippen LogP contribution in [-0.2, 0) is 0 Å². The fourth-order valence-corrected chi connectivity index (χ4v) is 3.04. The van der Waals surface area contributed by atoms with Crippen molar-refractivity contribution in [3.8, 4) is 0 Å². The van der Waals surface area contributed by atoms with E-state index >= 15 is 0 Å². The minimum Gasteiger partial charge on any atom is -0.385 e. The number of hydrogen-bond donors (Lipinski definition) is 1. The van der Waals surface area contributed by atoms with Crippen molar-refractivity contribution in [3.63, 3.8) is 0 Å². The summed E-state index contributed by atoms with van der Waals surface area (Å²) in [6.45, 7) is 1.13. The second kappa shape index (κ2) is 6.48. The van der Waals surface area contributed by atoms with Crippen molar-refractivity contribution in [2.75, 3.05) is 11.9 Å². The fourth-order valence-electron chi connectivity index (χ4n) is 2.49. The lowest BCUT2D eigenvalue weighted by molar-refractivity contribution is 0.345. The topological polar surface area (TPSA) is 12.0 Å². The van der Waals surface area contributed by atoms with E-state index in [-0.39, 0.29) is 0 Å². The summed E-state index contributed by atoms with van der Waals surface area (Å²) in [6, 6.07) is 8.61. The SMILES string of the molecule is Ic1cccc(NCCC2CCCCC2)c1. The molecule has 1 nitrogen and oxygen atoms in total. The van der Waals surface area contributed by atoms with Crippen LogP contribution >= 0.6 is 22.6 Å². The maximum absolute atomic E-state index is 3.53. The van der Waals surface area contributed by atoms with E-state index in [0.29, 0.717) is 0 Å². The van der Waals surface area contributed by atoms with Crippen LogP contribution in [0.1, 0.15) is 38.5 Å². The maximum atomic E-state index is 3.53.